The maximum atomic E-state index is 4.82. The van der Waals surface area contributed by atoms with Crippen LogP contribution in [0.4, 0.5) is 0 Å². The second-order valence-electron chi connectivity index (χ2n) is 5.72. The molecule has 1 radical (unpaired) electrons. The summed E-state index contributed by atoms with van der Waals surface area (Å²) in [5.74, 6) is 1.55. The SMILES string of the molecule is [c]1nc(C2CCCCC2)nc2scc(-c3ccccc3)c12. The summed E-state index contributed by atoms with van der Waals surface area (Å²) < 4.78 is 0. The third-order valence-corrected chi connectivity index (χ3v) is 5.20. The van der Waals surface area contributed by atoms with Crippen molar-refractivity contribution in [2.45, 2.75) is 38.0 Å². The Balaban J connectivity index is 1.74. The van der Waals surface area contributed by atoms with Gasteiger partial charge in [0.05, 0.1) is 0 Å². The fraction of sp³-hybridized carbons (Fsp3) is 0.333. The van der Waals surface area contributed by atoms with Gasteiger partial charge in [-0.05, 0) is 18.4 Å². The van der Waals surface area contributed by atoms with Gasteiger partial charge in [-0.3, -0.25) is 0 Å². The number of fused-ring (bicyclic) bond motifs is 1. The fourth-order valence-corrected chi connectivity index (χ4v) is 4.06. The van der Waals surface area contributed by atoms with E-state index in [9.17, 15) is 0 Å². The quantitative estimate of drug-likeness (QED) is 0.648. The Morgan fingerprint density at radius 1 is 1.05 bits per heavy atom. The van der Waals surface area contributed by atoms with Gasteiger partial charge in [0.15, 0.2) is 0 Å². The molecule has 0 atom stereocenters. The van der Waals surface area contributed by atoms with Crippen molar-refractivity contribution < 1.29 is 0 Å². The van der Waals surface area contributed by atoms with Crippen molar-refractivity contribution in [1.29, 1.82) is 0 Å². The molecule has 0 N–H and O–H groups in total. The molecule has 0 unspecified atom stereocenters. The van der Waals surface area contributed by atoms with Gasteiger partial charge in [-0.2, -0.15) is 0 Å². The van der Waals surface area contributed by atoms with Crippen molar-refractivity contribution >= 4 is 21.6 Å². The average molecular weight is 293 g/mol. The average Bonchev–Trinajstić information content (AvgIpc) is 2.99. The lowest BCUT2D eigenvalue weighted by molar-refractivity contribution is 0.429. The lowest BCUT2D eigenvalue weighted by atomic mass is 9.89. The molecule has 3 aromatic rings. The normalized spacial score (nSPS) is 16.4. The largest absolute Gasteiger partial charge is 0.230 e. The Morgan fingerprint density at radius 3 is 2.67 bits per heavy atom. The van der Waals surface area contributed by atoms with Crippen LogP contribution in [0.2, 0.25) is 0 Å². The number of aromatic nitrogens is 2. The van der Waals surface area contributed by atoms with Gasteiger partial charge in [-0.25, -0.2) is 9.97 Å². The minimum Gasteiger partial charge on any atom is -0.230 e. The molecule has 4 rings (SSSR count). The molecule has 1 aliphatic rings. The summed E-state index contributed by atoms with van der Waals surface area (Å²) in [7, 11) is 0. The predicted molar refractivity (Wildman–Crippen MR) is 87.5 cm³/mol. The first kappa shape index (κ1) is 13.0. The fourth-order valence-electron chi connectivity index (χ4n) is 3.15. The maximum absolute atomic E-state index is 4.82. The number of hydrogen-bond donors (Lipinski definition) is 0. The molecule has 2 aromatic heterocycles. The van der Waals surface area contributed by atoms with Crippen LogP contribution in [0.3, 0.4) is 0 Å². The highest BCUT2D eigenvalue weighted by Gasteiger charge is 2.19. The molecule has 2 heterocycles. The predicted octanol–water partition coefficient (Wildman–Crippen LogP) is 5.21. The number of benzene rings is 1. The molecule has 0 bridgehead atoms. The summed E-state index contributed by atoms with van der Waals surface area (Å²) in [6.07, 6.45) is 9.71. The van der Waals surface area contributed by atoms with E-state index in [4.69, 9.17) is 4.98 Å². The first-order valence-corrected chi connectivity index (χ1v) is 8.52. The lowest BCUT2D eigenvalue weighted by Gasteiger charge is -2.19. The first-order valence-electron chi connectivity index (χ1n) is 7.64. The number of nitrogens with zero attached hydrogens (tertiary/aromatic N) is 2. The molecule has 0 aliphatic heterocycles. The standard InChI is InChI=1S/C18H17N2S/c1-3-7-13(8-4-1)16-12-21-18-15(16)11-19-17(20-18)14-9-5-2-6-10-14/h1,3-4,7-8,12,14H,2,5-6,9-10H2. The summed E-state index contributed by atoms with van der Waals surface area (Å²) in [5, 5.41) is 3.24. The molecule has 0 amide bonds. The van der Waals surface area contributed by atoms with Gasteiger partial charge >= 0.3 is 0 Å². The first-order chi connectivity index (χ1) is 10.4. The van der Waals surface area contributed by atoms with E-state index in [1.165, 1.54) is 43.2 Å². The van der Waals surface area contributed by atoms with Gasteiger partial charge in [0.1, 0.15) is 16.9 Å². The number of thiophene rings is 1. The van der Waals surface area contributed by atoms with Crippen LogP contribution in [0.1, 0.15) is 43.8 Å². The van der Waals surface area contributed by atoms with Gasteiger partial charge < -0.3 is 0 Å². The second-order valence-corrected chi connectivity index (χ2v) is 6.58. The van der Waals surface area contributed by atoms with Gasteiger partial charge in [-0.15, -0.1) is 11.3 Å². The molecule has 3 heteroatoms. The maximum Gasteiger partial charge on any atom is 0.133 e. The van der Waals surface area contributed by atoms with Crippen LogP contribution in [-0.4, -0.2) is 9.97 Å². The molecular weight excluding hydrogens is 276 g/mol. The van der Waals surface area contributed by atoms with Crippen LogP contribution in [0.5, 0.6) is 0 Å². The summed E-state index contributed by atoms with van der Waals surface area (Å²) in [4.78, 5) is 10.5. The van der Waals surface area contributed by atoms with Crippen LogP contribution < -0.4 is 0 Å². The molecule has 1 aromatic carbocycles. The van der Waals surface area contributed by atoms with E-state index in [0.717, 1.165) is 16.0 Å². The Labute approximate surface area is 128 Å². The highest BCUT2D eigenvalue weighted by molar-refractivity contribution is 7.17. The van der Waals surface area contributed by atoms with Gasteiger partial charge in [0.25, 0.3) is 0 Å². The third-order valence-electron chi connectivity index (χ3n) is 4.33. The third kappa shape index (κ3) is 2.46. The van der Waals surface area contributed by atoms with Crippen molar-refractivity contribution in [2.24, 2.45) is 0 Å². The minimum absolute atomic E-state index is 0.543. The van der Waals surface area contributed by atoms with Crippen LogP contribution >= 0.6 is 11.3 Å². The smallest absolute Gasteiger partial charge is 0.133 e. The lowest BCUT2D eigenvalue weighted by Crippen LogP contribution is -2.08. The monoisotopic (exact) mass is 293 g/mol. The van der Waals surface area contributed by atoms with Crippen LogP contribution in [-0.2, 0) is 0 Å². The van der Waals surface area contributed by atoms with E-state index < -0.39 is 0 Å². The summed E-state index contributed by atoms with van der Waals surface area (Å²) >= 11 is 1.70. The summed E-state index contributed by atoms with van der Waals surface area (Å²) in [6.45, 7) is 0. The van der Waals surface area contributed by atoms with E-state index in [-0.39, 0.29) is 0 Å². The zero-order valence-electron chi connectivity index (χ0n) is 11.9. The van der Waals surface area contributed by atoms with Crippen LogP contribution in [0.15, 0.2) is 35.7 Å². The number of hydrogen-bond acceptors (Lipinski definition) is 3. The Kier molecular flexibility index (Phi) is 3.44. The van der Waals surface area contributed by atoms with E-state index in [1.54, 1.807) is 11.3 Å². The molecule has 1 aliphatic carbocycles. The molecule has 0 saturated heterocycles. The molecule has 1 fully saturated rings. The van der Waals surface area contributed by atoms with Gasteiger partial charge in [0.2, 0.25) is 0 Å². The zero-order chi connectivity index (χ0) is 14.1. The molecule has 105 valence electrons. The van der Waals surface area contributed by atoms with Crippen LogP contribution in [0.25, 0.3) is 21.3 Å². The zero-order valence-corrected chi connectivity index (χ0v) is 12.7. The second kappa shape index (κ2) is 5.57. The number of rotatable bonds is 2. The molecule has 21 heavy (non-hydrogen) atoms. The highest BCUT2D eigenvalue weighted by Crippen LogP contribution is 2.35. The van der Waals surface area contributed by atoms with Gasteiger partial charge in [0, 0.05) is 22.2 Å². The molecule has 1 saturated carbocycles. The summed E-state index contributed by atoms with van der Waals surface area (Å²) in [6, 6.07) is 10.4. The van der Waals surface area contributed by atoms with Crippen molar-refractivity contribution in [3.8, 4) is 11.1 Å². The van der Waals surface area contributed by atoms with E-state index >= 15 is 0 Å². The van der Waals surface area contributed by atoms with E-state index in [1.807, 2.05) is 6.07 Å². The van der Waals surface area contributed by atoms with E-state index in [2.05, 4.69) is 40.8 Å². The topological polar surface area (TPSA) is 25.8 Å². The molecular formula is C18H17N2S. The van der Waals surface area contributed by atoms with Crippen LogP contribution in [0, 0.1) is 6.20 Å². The van der Waals surface area contributed by atoms with Crippen molar-refractivity contribution in [1.82, 2.24) is 9.97 Å². The van der Waals surface area contributed by atoms with Gasteiger partial charge in [-0.1, -0.05) is 49.6 Å². The highest BCUT2D eigenvalue weighted by atomic mass is 32.1. The Bertz CT molecular complexity index is 742. The molecule has 0 spiro atoms. The summed E-state index contributed by atoms with van der Waals surface area (Å²) in [5.41, 5.74) is 2.42. The van der Waals surface area contributed by atoms with E-state index in [0.29, 0.717) is 5.92 Å². The molecule has 2 nitrogen and oxygen atoms in total. The Morgan fingerprint density at radius 2 is 1.86 bits per heavy atom. The van der Waals surface area contributed by atoms with Crippen molar-refractivity contribution in [3.63, 3.8) is 0 Å². The Hall–Kier alpha value is -1.74. The van der Waals surface area contributed by atoms with Crippen molar-refractivity contribution in [2.75, 3.05) is 0 Å². The minimum atomic E-state index is 0.543. The van der Waals surface area contributed by atoms with Crippen molar-refractivity contribution in [3.05, 3.63) is 47.7 Å².